The van der Waals surface area contributed by atoms with Crippen LogP contribution in [0.3, 0.4) is 0 Å². The van der Waals surface area contributed by atoms with E-state index in [1.165, 1.54) is 32.1 Å². The molecule has 2 heterocycles. The van der Waals surface area contributed by atoms with E-state index in [2.05, 4.69) is 15.1 Å². The van der Waals surface area contributed by atoms with Crippen LogP contribution in [0.15, 0.2) is 0 Å². The standard InChI is InChI=1S/C15H24N4OS/c1-12-16-17-15(21-12)19-9-7-18(8-10-19)14(20)11-13-5-3-2-4-6-13/h13H,2-11H2,1H3. The highest BCUT2D eigenvalue weighted by Crippen LogP contribution is 2.27. The van der Waals surface area contributed by atoms with Gasteiger partial charge in [0.15, 0.2) is 0 Å². The van der Waals surface area contributed by atoms with Crippen molar-refractivity contribution in [2.45, 2.75) is 45.4 Å². The summed E-state index contributed by atoms with van der Waals surface area (Å²) >= 11 is 1.63. The summed E-state index contributed by atoms with van der Waals surface area (Å²) in [5.74, 6) is 0.991. The third-order valence-electron chi connectivity index (χ3n) is 4.61. The largest absolute Gasteiger partial charge is 0.343 e. The van der Waals surface area contributed by atoms with Crippen LogP contribution in [-0.2, 0) is 4.79 Å². The summed E-state index contributed by atoms with van der Waals surface area (Å²) in [4.78, 5) is 16.7. The number of carbonyl (C=O) groups is 1. The first-order valence-corrected chi connectivity index (χ1v) is 8.87. The predicted octanol–water partition coefficient (Wildman–Crippen LogP) is 2.47. The minimum atomic E-state index is 0.356. The van der Waals surface area contributed by atoms with Crippen molar-refractivity contribution < 1.29 is 4.79 Å². The van der Waals surface area contributed by atoms with Crippen LogP contribution in [-0.4, -0.2) is 47.2 Å². The number of aryl methyl sites for hydroxylation is 1. The van der Waals surface area contributed by atoms with Gasteiger partial charge in [-0.05, 0) is 25.7 Å². The SMILES string of the molecule is Cc1nnc(N2CCN(C(=O)CC3CCCCC3)CC2)s1. The molecule has 1 amide bonds. The molecule has 1 aromatic heterocycles. The molecular weight excluding hydrogens is 284 g/mol. The summed E-state index contributed by atoms with van der Waals surface area (Å²) in [6.45, 7) is 5.38. The fourth-order valence-electron chi connectivity index (χ4n) is 3.33. The normalized spacial score (nSPS) is 20.8. The number of nitrogens with zero attached hydrogens (tertiary/aromatic N) is 4. The minimum absolute atomic E-state index is 0.356. The number of amides is 1. The predicted molar refractivity (Wildman–Crippen MR) is 84.6 cm³/mol. The van der Waals surface area contributed by atoms with Crippen molar-refractivity contribution >= 4 is 22.4 Å². The molecule has 21 heavy (non-hydrogen) atoms. The number of aromatic nitrogens is 2. The molecule has 2 aliphatic rings. The van der Waals surface area contributed by atoms with Gasteiger partial charge in [-0.15, -0.1) is 10.2 Å². The Morgan fingerprint density at radius 2 is 1.86 bits per heavy atom. The van der Waals surface area contributed by atoms with Crippen LogP contribution in [0.25, 0.3) is 0 Å². The topological polar surface area (TPSA) is 49.3 Å². The van der Waals surface area contributed by atoms with Crippen LogP contribution in [0.1, 0.15) is 43.5 Å². The Balaban J connectivity index is 1.47. The summed E-state index contributed by atoms with van der Waals surface area (Å²) in [7, 11) is 0. The molecule has 0 unspecified atom stereocenters. The monoisotopic (exact) mass is 308 g/mol. The number of hydrogen-bond donors (Lipinski definition) is 0. The molecular formula is C15H24N4OS. The second kappa shape index (κ2) is 6.73. The molecule has 1 aliphatic heterocycles. The van der Waals surface area contributed by atoms with E-state index in [1.54, 1.807) is 11.3 Å². The maximum absolute atomic E-state index is 12.4. The highest BCUT2D eigenvalue weighted by atomic mass is 32.1. The van der Waals surface area contributed by atoms with Crippen LogP contribution >= 0.6 is 11.3 Å². The summed E-state index contributed by atoms with van der Waals surface area (Å²) in [6, 6.07) is 0. The van der Waals surface area contributed by atoms with Gasteiger partial charge in [0.05, 0.1) is 0 Å². The lowest BCUT2D eigenvalue weighted by atomic mass is 9.86. The lowest BCUT2D eigenvalue weighted by Crippen LogP contribution is -2.49. The van der Waals surface area contributed by atoms with Crippen LogP contribution in [0, 0.1) is 12.8 Å². The molecule has 1 aromatic rings. The van der Waals surface area contributed by atoms with E-state index in [0.29, 0.717) is 11.8 Å². The summed E-state index contributed by atoms with van der Waals surface area (Å²) in [6.07, 6.45) is 7.22. The molecule has 0 bridgehead atoms. The van der Waals surface area contributed by atoms with E-state index in [-0.39, 0.29) is 0 Å². The molecule has 0 atom stereocenters. The molecule has 2 fully saturated rings. The molecule has 1 saturated carbocycles. The van der Waals surface area contributed by atoms with Crippen LogP contribution in [0.4, 0.5) is 5.13 Å². The molecule has 0 radical (unpaired) electrons. The molecule has 0 aromatic carbocycles. The van der Waals surface area contributed by atoms with E-state index in [0.717, 1.165) is 42.7 Å². The number of hydrogen-bond acceptors (Lipinski definition) is 5. The average Bonchev–Trinajstić information content (AvgIpc) is 2.95. The molecule has 6 heteroatoms. The van der Waals surface area contributed by atoms with E-state index in [1.807, 2.05) is 11.8 Å². The fraction of sp³-hybridized carbons (Fsp3) is 0.800. The van der Waals surface area contributed by atoms with Crippen molar-refractivity contribution in [3.05, 3.63) is 5.01 Å². The fourth-order valence-corrected chi connectivity index (χ4v) is 4.07. The van der Waals surface area contributed by atoms with Crippen molar-refractivity contribution in [1.29, 1.82) is 0 Å². The molecule has 0 spiro atoms. The second-order valence-electron chi connectivity index (χ2n) is 6.18. The van der Waals surface area contributed by atoms with Gasteiger partial charge in [-0.2, -0.15) is 0 Å². The summed E-state index contributed by atoms with van der Waals surface area (Å²) in [5.41, 5.74) is 0. The zero-order chi connectivity index (χ0) is 14.7. The van der Waals surface area contributed by atoms with Crippen molar-refractivity contribution in [3.8, 4) is 0 Å². The zero-order valence-electron chi connectivity index (χ0n) is 12.8. The maximum atomic E-state index is 12.4. The van der Waals surface area contributed by atoms with Gasteiger partial charge in [-0.3, -0.25) is 4.79 Å². The number of rotatable bonds is 3. The minimum Gasteiger partial charge on any atom is -0.343 e. The van der Waals surface area contributed by atoms with Gasteiger partial charge in [-0.25, -0.2) is 0 Å². The lowest BCUT2D eigenvalue weighted by molar-refractivity contribution is -0.132. The molecule has 5 nitrogen and oxygen atoms in total. The first-order chi connectivity index (χ1) is 10.2. The quantitative estimate of drug-likeness (QED) is 0.861. The van der Waals surface area contributed by atoms with Gasteiger partial charge in [0.25, 0.3) is 0 Å². The summed E-state index contributed by atoms with van der Waals surface area (Å²) in [5, 5.41) is 10.3. The van der Waals surface area contributed by atoms with Gasteiger partial charge in [0, 0.05) is 32.6 Å². The molecule has 1 saturated heterocycles. The Hall–Kier alpha value is -1.17. The Morgan fingerprint density at radius 1 is 1.14 bits per heavy atom. The van der Waals surface area contributed by atoms with Crippen molar-refractivity contribution in [2.75, 3.05) is 31.1 Å². The molecule has 3 rings (SSSR count). The van der Waals surface area contributed by atoms with Crippen molar-refractivity contribution in [1.82, 2.24) is 15.1 Å². The number of piperazine rings is 1. The van der Waals surface area contributed by atoms with E-state index in [4.69, 9.17) is 0 Å². The third-order valence-corrected chi connectivity index (χ3v) is 5.51. The van der Waals surface area contributed by atoms with Crippen LogP contribution in [0.2, 0.25) is 0 Å². The van der Waals surface area contributed by atoms with Gasteiger partial charge >= 0.3 is 0 Å². The highest BCUT2D eigenvalue weighted by molar-refractivity contribution is 7.15. The van der Waals surface area contributed by atoms with Crippen LogP contribution < -0.4 is 4.90 Å². The van der Waals surface area contributed by atoms with Crippen molar-refractivity contribution in [2.24, 2.45) is 5.92 Å². The van der Waals surface area contributed by atoms with E-state index < -0.39 is 0 Å². The zero-order valence-corrected chi connectivity index (χ0v) is 13.6. The first-order valence-electron chi connectivity index (χ1n) is 8.05. The summed E-state index contributed by atoms with van der Waals surface area (Å²) < 4.78 is 0. The smallest absolute Gasteiger partial charge is 0.222 e. The Morgan fingerprint density at radius 3 is 2.48 bits per heavy atom. The Bertz CT molecular complexity index is 476. The third kappa shape index (κ3) is 3.73. The Labute approximate surface area is 130 Å². The average molecular weight is 308 g/mol. The van der Waals surface area contributed by atoms with Crippen LogP contribution in [0.5, 0.6) is 0 Å². The van der Waals surface area contributed by atoms with Gasteiger partial charge in [0.2, 0.25) is 11.0 Å². The lowest BCUT2D eigenvalue weighted by Gasteiger charge is -2.35. The molecule has 0 N–H and O–H groups in total. The van der Waals surface area contributed by atoms with Gasteiger partial charge in [0.1, 0.15) is 5.01 Å². The van der Waals surface area contributed by atoms with Gasteiger partial charge < -0.3 is 9.80 Å². The molecule has 116 valence electrons. The van der Waals surface area contributed by atoms with E-state index >= 15 is 0 Å². The Kier molecular flexibility index (Phi) is 4.73. The second-order valence-corrected chi connectivity index (χ2v) is 7.34. The number of carbonyl (C=O) groups excluding carboxylic acids is 1. The van der Waals surface area contributed by atoms with E-state index in [9.17, 15) is 4.79 Å². The maximum Gasteiger partial charge on any atom is 0.222 e. The first kappa shape index (κ1) is 14.8. The highest BCUT2D eigenvalue weighted by Gasteiger charge is 2.25. The molecule has 1 aliphatic carbocycles. The van der Waals surface area contributed by atoms with Gasteiger partial charge in [-0.1, -0.05) is 30.6 Å². The van der Waals surface area contributed by atoms with Crippen molar-refractivity contribution in [3.63, 3.8) is 0 Å². The number of anilines is 1.